The van der Waals surface area contributed by atoms with E-state index in [1.165, 1.54) is 5.56 Å². The predicted molar refractivity (Wildman–Crippen MR) is 70.0 cm³/mol. The van der Waals surface area contributed by atoms with Crippen molar-refractivity contribution in [3.05, 3.63) is 35.4 Å². The van der Waals surface area contributed by atoms with Gasteiger partial charge in [0.05, 0.1) is 12.5 Å². The molecule has 0 aromatic heterocycles. The summed E-state index contributed by atoms with van der Waals surface area (Å²) in [5, 5.41) is 0. The Kier molecular flexibility index (Phi) is 5.20. The molecule has 0 fully saturated rings. The smallest absolute Gasteiger partial charge is 0.313 e. The van der Waals surface area contributed by atoms with Gasteiger partial charge >= 0.3 is 5.97 Å². The first-order valence-electron chi connectivity index (χ1n) is 6.30. The molecule has 1 aromatic carbocycles. The number of hydrogen-bond acceptors (Lipinski definition) is 2. The maximum absolute atomic E-state index is 11.7. The molecule has 1 unspecified atom stereocenters. The molecule has 0 bridgehead atoms. The topological polar surface area (TPSA) is 26.3 Å². The third kappa shape index (κ3) is 4.22. The molecule has 1 rings (SSSR count). The molecule has 0 radical (unpaired) electrons. The summed E-state index contributed by atoms with van der Waals surface area (Å²) in [4.78, 5) is 11.7. The first-order valence-corrected chi connectivity index (χ1v) is 6.30. The summed E-state index contributed by atoms with van der Waals surface area (Å²) in [6.45, 7) is 8.56. The van der Waals surface area contributed by atoms with Crippen molar-refractivity contribution in [3.63, 3.8) is 0 Å². The van der Waals surface area contributed by atoms with Crippen LogP contribution >= 0.6 is 0 Å². The number of carbonyl (C=O) groups is 1. The second kappa shape index (κ2) is 6.43. The molecule has 17 heavy (non-hydrogen) atoms. The molecule has 0 N–H and O–H groups in total. The maximum atomic E-state index is 11.7. The lowest BCUT2D eigenvalue weighted by Gasteiger charge is -2.13. The van der Waals surface area contributed by atoms with Crippen LogP contribution in [-0.4, -0.2) is 12.6 Å². The minimum Gasteiger partial charge on any atom is -0.466 e. The van der Waals surface area contributed by atoms with Crippen molar-refractivity contribution in [3.8, 4) is 0 Å². The van der Waals surface area contributed by atoms with Crippen molar-refractivity contribution in [1.29, 1.82) is 0 Å². The molecule has 0 saturated heterocycles. The van der Waals surface area contributed by atoms with Crippen molar-refractivity contribution in [1.82, 2.24) is 0 Å². The zero-order valence-corrected chi connectivity index (χ0v) is 11.2. The molecule has 0 aliphatic heterocycles. The van der Waals surface area contributed by atoms with Crippen molar-refractivity contribution >= 4 is 5.97 Å². The van der Waals surface area contributed by atoms with Gasteiger partial charge in [-0.15, -0.1) is 0 Å². The van der Waals surface area contributed by atoms with Gasteiger partial charge in [-0.05, 0) is 37.3 Å². The quantitative estimate of drug-likeness (QED) is 0.728. The van der Waals surface area contributed by atoms with Crippen LogP contribution in [-0.2, 0) is 16.0 Å². The molecule has 0 aliphatic rings. The summed E-state index contributed by atoms with van der Waals surface area (Å²) in [6, 6.07) is 8.23. The predicted octanol–water partition coefficient (Wildman–Crippen LogP) is 3.55. The molecule has 0 spiro atoms. The van der Waals surface area contributed by atoms with Gasteiger partial charge < -0.3 is 4.74 Å². The minimum atomic E-state index is -0.179. The highest BCUT2D eigenvalue weighted by Crippen LogP contribution is 2.19. The fourth-order valence-electron chi connectivity index (χ4n) is 1.86. The fraction of sp³-hybridized carbons (Fsp3) is 0.533. The summed E-state index contributed by atoms with van der Waals surface area (Å²) in [7, 11) is 0. The van der Waals surface area contributed by atoms with Crippen LogP contribution in [0.5, 0.6) is 0 Å². The third-order valence-corrected chi connectivity index (χ3v) is 2.74. The highest BCUT2D eigenvalue weighted by Gasteiger charge is 2.16. The first kappa shape index (κ1) is 13.8. The van der Waals surface area contributed by atoms with E-state index in [1.807, 2.05) is 26.0 Å². The lowest BCUT2D eigenvalue weighted by atomic mass is 9.95. The number of carbonyl (C=O) groups excluding carboxylic acids is 1. The second-order valence-electron chi connectivity index (χ2n) is 4.82. The van der Waals surface area contributed by atoms with Crippen LogP contribution in [0.1, 0.15) is 44.7 Å². The van der Waals surface area contributed by atoms with E-state index in [0.29, 0.717) is 12.5 Å². The largest absolute Gasteiger partial charge is 0.466 e. The van der Waals surface area contributed by atoms with Gasteiger partial charge in [0.15, 0.2) is 0 Å². The normalized spacial score (nSPS) is 12.5. The average molecular weight is 234 g/mol. The monoisotopic (exact) mass is 234 g/mol. The van der Waals surface area contributed by atoms with Crippen molar-refractivity contribution < 1.29 is 9.53 Å². The Morgan fingerprint density at radius 1 is 1.29 bits per heavy atom. The van der Waals surface area contributed by atoms with E-state index in [0.717, 1.165) is 12.0 Å². The van der Waals surface area contributed by atoms with Crippen LogP contribution in [0.25, 0.3) is 0 Å². The molecule has 0 heterocycles. The number of hydrogen-bond donors (Lipinski definition) is 0. The molecule has 2 heteroatoms. The van der Waals surface area contributed by atoms with E-state index >= 15 is 0 Å². The van der Waals surface area contributed by atoms with Crippen molar-refractivity contribution in [2.75, 3.05) is 6.61 Å². The van der Waals surface area contributed by atoms with Gasteiger partial charge in [-0.25, -0.2) is 0 Å². The van der Waals surface area contributed by atoms with Gasteiger partial charge in [0, 0.05) is 0 Å². The summed E-state index contributed by atoms with van der Waals surface area (Å²) in [5.74, 6) is 0.305. The van der Waals surface area contributed by atoms with Crippen molar-refractivity contribution in [2.24, 2.45) is 5.92 Å². The highest BCUT2D eigenvalue weighted by molar-refractivity contribution is 5.77. The summed E-state index contributed by atoms with van der Waals surface area (Å²) < 4.78 is 5.04. The molecule has 1 atom stereocenters. The number of benzene rings is 1. The van der Waals surface area contributed by atoms with Crippen LogP contribution in [0.4, 0.5) is 0 Å². The Labute approximate surface area is 104 Å². The Morgan fingerprint density at radius 3 is 2.59 bits per heavy atom. The third-order valence-electron chi connectivity index (χ3n) is 2.74. The summed E-state index contributed by atoms with van der Waals surface area (Å²) >= 11 is 0. The van der Waals surface area contributed by atoms with Gasteiger partial charge in [0.2, 0.25) is 0 Å². The van der Waals surface area contributed by atoms with Crippen LogP contribution in [0, 0.1) is 5.92 Å². The zero-order valence-electron chi connectivity index (χ0n) is 11.2. The van der Waals surface area contributed by atoms with Crippen LogP contribution in [0.15, 0.2) is 24.3 Å². The van der Waals surface area contributed by atoms with Gasteiger partial charge in [0.1, 0.15) is 0 Å². The molecular weight excluding hydrogens is 212 g/mol. The van der Waals surface area contributed by atoms with Gasteiger partial charge in [-0.3, -0.25) is 4.79 Å². The first-order chi connectivity index (χ1) is 8.04. The second-order valence-corrected chi connectivity index (χ2v) is 4.82. The summed E-state index contributed by atoms with van der Waals surface area (Å²) in [5.41, 5.74) is 2.33. The van der Waals surface area contributed by atoms with E-state index in [2.05, 4.69) is 26.0 Å². The Morgan fingerprint density at radius 2 is 2.00 bits per heavy atom. The number of esters is 1. The molecule has 1 aromatic rings. The van der Waals surface area contributed by atoms with E-state index in [1.54, 1.807) is 0 Å². The Bertz CT molecular complexity index is 369. The van der Waals surface area contributed by atoms with E-state index in [-0.39, 0.29) is 11.9 Å². The molecule has 0 amide bonds. The zero-order chi connectivity index (χ0) is 12.8. The van der Waals surface area contributed by atoms with Crippen LogP contribution in [0.2, 0.25) is 0 Å². The number of rotatable bonds is 5. The number of ether oxygens (including phenoxy) is 1. The van der Waals surface area contributed by atoms with Gasteiger partial charge in [0.25, 0.3) is 0 Å². The van der Waals surface area contributed by atoms with E-state index < -0.39 is 0 Å². The van der Waals surface area contributed by atoms with Gasteiger partial charge in [-0.2, -0.15) is 0 Å². The lowest BCUT2D eigenvalue weighted by molar-refractivity contribution is -0.144. The lowest BCUT2D eigenvalue weighted by Crippen LogP contribution is -2.13. The average Bonchev–Trinajstić information content (AvgIpc) is 2.28. The summed E-state index contributed by atoms with van der Waals surface area (Å²) in [6.07, 6.45) is 1.05. The minimum absolute atomic E-state index is 0.144. The SMILES string of the molecule is CCOC(=O)C(C)c1cccc(CC(C)C)c1. The van der Waals surface area contributed by atoms with Crippen LogP contribution in [0.3, 0.4) is 0 Å². The Balaban J connectivity index is 2.80. The fourth-order valence-corrected chi connectivity index (χ4v) is 1.86. The molecule has 94 valence electrons. The highest BCUT2D eigenvalue weighted by atomic mass is 16.5. The van der Waals surface area contributed by atoms with E-state index in [4.69, 9.17) is 4.74 Å². The Hall–Kier alpha value is -1.31. The van der Waals surface area contributed by atoms with E-state index in [9.17, 15) is 4.79 Å². The molecular formula is C15H22O2. The standard InChI is InChI=1S/C15H22O2/c1-5-17-15(16)12(4)14-8-6-7-13(10-14)9-11(2)3/h6-8,10-12H,5,9H2,1-4H3. The van der Waals surface area contributed by atoms with Gasteiger partial charge in [-0.1, -0.05) is 38.1 Å². The van der Waals surface area contributed by atoms with Crippen molar-refractivity contribution in [2.45, 2.75) is 40.0 Å². The van der Waals surface area contributed by atoms with Crippen LogP contribution < -0.4 is 0 Å². The molecule has 0 aliphatic carbocycles. The maximum Gasteiger partial charge on any atom is 0.313 e. The molecule has 2 nitrogen and oxygen atoms in total. The molecule has 0 saturated carbocycles.